The number of likely N-dealkylation sites (tertiary alicyclic amines) is 1. The van der Waals surface area contributed by atoms with E-state index in [4.69, 9.17) is 0 Å². The number of hydrogen-bond donors (Lipinski definition) is 1. The maximum absolute atomic E-state index is 12.2. The van der Waals surface area contributed by atoms with Crippen LogP contribution in [0.1, 0.15) is 32.3 Å². The van der Waals surface area contributed by atoms with Crippen molar-refractivity contribution in [3.8, 4) is 0 Å². The predicted octanol–water partition coefficient (Wildman–Crippen LogP) is 2.48. The van der Waals surface area contributed by atoms with E-state index in [1.807, 2.05) is 36.9 Å². The Hall–Kier alpha value is -1.35. The minimum Gasteiger partial charge on any atom is -0.394 e. The predicted molar refractivity (Wildman–Crippen MR) is 80.3 cm³/mol. The first-order valence-corrected chi connectivity index (χ1v) is 7.74. The molecule has 3 rings (SSSR count). The monoisotopic (exact) mass is 275 g/mol. The van der Waals surface area contributed by atoms with E-state index < -0.39 is 0 Å². The highest BCUT2D eigenvalue weighted by atomic mass is 16.3. The van der Waals surface area contributed by atoms with E-state index in [-0.39, 0.29) is 18.6 Å². The van der Waals surface area contributed by atoms with Gasteiger partial charge in [-0.25, -0.2) is 0 Å². The lowest BCUT2D eigenvalue weighted by Crippen LogP contribution is -2.40. The fourth-order valence-electron chi connectivity index (χ4n) is 3.13. The van der Waals surface area contributed by atoms with Crippen LogP contribution < -0.4 is 0 Å². The highest BCUT2D eigenvalue weighted by molar-refractivity contribution is 5.77. The fourth-order valence-corrected chi connectivity index (χ4v) is 3.13. The van der Waals surface area contributed by atoms with Crippen molar-refractivity contribution in [2.75, 3.05) is 13.2 Å². The molecule has 3 nitrogen and oxygen atoms in total. The van der Waals surface area contributed by atoms with Crippen LogP contribution in [0.3, 0.4) is 0 Å². The molecule has 0 aromatic heterocycles. The molecule has 1 aliphatic carbocycles. The first-order chi connectivity index (χ1) is 9.79. The topological polar surface area (TPSA) is 40.5 Å². The first kappa shape index (κ1) is 15.0. The maximum Gasteiger partial charge on any atom is 0.223 e. The summed E-state index contributed by atoms with van der Waals surface area (Å²) < 4.78 is 0. The van der Waals surface area contributed by atoms with Crippen molar-refractivity contribution in [3.63, 3.8) is 0 Å². The summed E-state index contributed by atoms with van der Waals surface area (Å²) in [6.45, 7) is 4.99. The molecule has 110 valence electrons. The Morgan fingerprint density at radius 3 is 2.65 bits per heavy atom. The number of fused-ring (bicyclic) bond motifs is 1. The number of aryl methyl sites for hydroxylation is 1. The summed E-state index contributed by atoms with van der Waals surface area (Å²) in [6.07, 6.45) is 2.55. The van der Waals surface area contributed by atoms with Crippen LogP contribution in [0.25, 0.3) is 0 Å². The fraction of sp³-hybridized carbons (Fsp3) is 0.588. The Balaban J connectivity index is 0.000000704. The van der Waals surface area contributed by atoms with Crippen LogP contribution in [0.2, 0.25) is 0 Å². The Morgan fingerprint density at radius 2 is 2.00 bits per heavy atom. The summed E-state index contributed by atoms with van der Waals surface area (Å²) in [6, 6.07) is 10.2. The third-order valence-electron chi connectivity index (χ3n) is 4.28. The zero-order valence-electron chi connectivity index (χ0n) is 12.5. The SMILES string of the molecule is CC.O=C(CCc1ccccc1)N1CC2CC2C1CO. The molecule has 1 amide bonds. The van der Waals surface area contributed by atoms with Gasteiger partial charge in [-0.1, -0.05) is 44.2 Å². The molecule has 0 spiro atoms. The number of piperidine rings is 1. The minimum absolute atomic E-state index is 0.0956. The summed E-state index contributed by atoms with van der Waals surface area (Å²) in [5.74, 6) is 1.45. The molecule has 3 unspecified atom stereocenters. The summed E-state index contributed by atoms with van der Waals surface area (Å²) in [7, 11) is 0. The van der Waals surface area contributed by atoms with Gasteiger partial charge in [0.05, 0.1) is 12.6 Å². The van der Waals surface area contributed by atoms with Gasteiger partial charge in [0.25, 0.3) is 0 Å². The molecule has 0 radical (unpaired) electrons. The number of amides is 1. The van der Waals surface area contributed by atoms with Crippen LogP contribution in [0, 0.1) is 11.8 Å². The van der Waals surface area contributed by atoms with E-state index in [0.29, 0.717) is 18.3 Å². The number of carbonyl (C=O) groups excluding carboxylic acids is 1. The van der Waals surface area contributed by atoms with Crippen molar-refractivity contribution in [3.05, 3.63) is 35.9 Å². The molecule has 1 aromatic carbocycles. The van der Waals surface area contributed by atoms with E-state index in [9.17, 15) is 9.90 Å². The second kappa shape index (κ2) is 6.89. The quantitative estimate of drug-likeness (QED) is 0.917. The van der Waals surface area contributed by atoms with E-state index in [2.05, 4.69) is 12.1 Å². The average molecular weight is 275 g/mol. The van der Waals surface area contributed by atoms with Crippen molar-refractivity contribution < 1.29 is 9.90 Å². The van der Waals surface area contributed by atoms with Crippen molar-refractivity contribution >= 4 is 5.91 Å². The minimum atomic E-state index is 0.0956. The number of hydrogen-bond acceptors (Lipinski definition) is 2. The lowest BCUT2D eigenvalue weighted by molar-refractivity contribution is -0.133. The summed E-state index contributed by atoms with van der Waals surface area (Å²) >= 11 is 0. The molecule has 1 heterocycles. The number of carbonyl (C=O) groups is 1. The Bertz CT molecular complexity index is 432. The smallest absolute Gasteiger partial charge is 0.223 e. The molecule has 1 saturated heterocycles. The van der Waals surface area contributed by atoms with Gasteiger partial charge < -0.3 is 10.0 Å². The van der Waals surface area contributed by atoms with Crippen molar-refractivity contribution in [1.29, 1.82) is 0 Å². The summed E-state index contributed by atoms with van der Waals surface area (Å²) in [4.78, 5) is 14.1. The van der Waals surface area contributed by atoms with Crippen molar-refractivity contribution in [1.82, 2.24) is 4.90 Å². The molecular weight excluding hydrogens is 250 g/mol. The van der Waals surface area contributed by atoms with Gasteiger partial charge in [-0.2, -0.15) is 0 Å². The first-order valence-electron chi connectivity index (χ1n) is 7.74. The lowest BCUT2D eigenvalue weighted by Gasteiger charge is -2.26. The highest BCUT2D eigenvalue weighted by Gasteiger charge is 2.53. The van der Waals surface area contributed by atoms with Crippen LogP contribution >= 0.6 is 0 Å². The van der Waals surface area contributed by atoms with Crippen molar-refractivity contribution in [2.45, 2.75) is 39.2 Å². The van der Waals surface area contributed by atoms with E-state index in [0.717, 1.165) is 13.0 Å². The molecule has 1 aliphatic heterocycles. The number of rotatable bonds is 4. The van der Waals surface area contributed by atoms with Crippen LogP contribution in [-0.2, 0) is 11.2 Å². The van der Waals surface area contributed by atoms with Gasteiger partial charge in [0, 0.05) is 13.0 Å². The van der Waals surface area contributed by atoms with Gasteiger partial charge in [0.2, 0.25) is 5.91 Å². The number of nitrogens with zero attached hydrogens (tertiary/aromatic N) is 1. The summed E-state index contributed by atoms with van der Waals surface area (Å²) in [5, 5.41) is 9.37. The molecule has 3 heteroatoms. The zero-order chi connectivity index (χ0) is 14.5. The largest absolute Gasteiger partial charge is 0.394 e. The second-order valence-electron chi connectivity index (χ2n) is 5.44. The van der Waals surface area contributed by atoms with Gasteiger partial charge in [-0.05, 0) is 30.2 Å². The third kappa shape index (κ3) is 3.21. The van der Waals surface area contributed by atoms with E-state index >= 15 is 0 Å². The average Bonchev–Trinajstić information content (AvgIpc) is 3.19. The van der Waals surface area contributed by atoms with Gasteiger partial charge in [-0.3, -0.25) is 4.79 Å². The Kier molecular flexibility index (Phi) is 5.18. The molecule has 2 aliphatic rings. The highest BCUT2D eigenvalue weighted by Crippen LogP contribution is 2.49. The Labute approximate surface area is 121 Å². The third-order valence-corrected chi connectivity index (χ3v) is 4.28. The molecule has 1 saturated carbocycles. The van der Waals surface area contributed by atoms with Gasteiger partial charge in [-0.15, -0.1) is 0 Å². The number of benzene rings is 1. The molecule has 3 atom stereocenters. The van der Waals surface area contributed by atoms with Crippen LogP contribution in [0.15, 0.2) is 30.3 Å². The second-order valence-corrected chi connectivity index (χ2v) is 5.44. The molecule has 2 fully saturated rings. The van der Waals surface area contributed by atoms with Crippen LogP contribution in [0.5, 0.6) is 0 Å². The van der Waals surface area contributed by atoms with Gasteiger partial charge >= 0.3 is 0 Å². The zero-order valence-corrected chi connectivity index (χ0v) is 12.5. The maximum atomic E-state index is 12.2. The molecule has 1 N–H and O–H groups in total. The number of aliphatic hydroxyl groups is 1. The normalized spacial score (nSPS) is 26.6. The molecule has 20 heavy (non-hydrogen) atoms. The van der Waals surface area contributed by atoms with Crippen LogP contribution in [0.4, 0.5) is 0 Å². The Morgan fingerprint density at radius 1 is 1.30 bits per heavy atom. The summed E-state index contributed by atoms with van der Waals surface area (Å²) in [5.41, 5.74) is 1.20. The van der Waals surface area contributed by atoms with Crippen molar-refractivity contribution in [2.24, 2.45) is 11.8 Å². The van der Waals surface area contributed by atoms with E-state index in [1.54, 1.807) is 0 Å². The molecule has 0 bridgehead atoms. The molecule has 1 aromatic rings. The standard InChI is InChI=1S/C15H19NO2.C2H6/c17-10-14-13-8-12(13)9-16(14)15(18)7-6-11-4-2-1-3-5-11;1-2/h1-5,12-14,17H,6-10H2;1-2H3. The van der Waals surface area contributed by atoms with Gasteiger partial charge in [0.15, 0.2) is 0 Å². The van der Waals surface area contributed by atoms with Gasteiger partial charge in [0.1, 0.15) is 0 Å². The molecular formula is C17H25NO2. The van der Waals surface area contributed by atoms with Crippen LogP contribution in [-0.4, -0.2) is 35.1 Å². The van der Waals surface area contributed by atoms with E-state index in [1.165, 1.54) is 12.0 Å². The number of aliphatic hydroxyl groups excluding tert-OH is 1. The lowest BCUT2D eigenvalue weighted by atomic mass is 10.1.